The highest BCUT2D eigenvalue weighted by molar-refractivity contribution is 5.73. The lowest BCUT2D eigenvalue weighted by molar-refractivity contribution is 0.0544. The zero-order valence-electron chi connectivity index (χ0n) is 15.0. The monoisotopic (exact) mass is 329 g/mol. The number of aryl methyl sites for hydroxylation is 2. The third kappa shape index (κ3) is 5.25. The first-order valence-corrected chi connectivity index (χ1v) is 8.24. The van der Waals surface area contributed by atoms with Gasteiger partial charge in [0.1, 0.15) is 12.4 Å². The molecule has 0 aliphatic heterocycles. The highest BCUT2D eigenvalue weighted by Crippen LogP contribution is 2.31. The van der Waals surface area contributed by atoms with Gasteiger partial charge < -0.3 is 19.5 Å². The van der Waals surface area contributed by atoms with E-state index in [9.17, 15) is 0 Å². The van der Waals surface area contributed by atoms with E-state index in [-0.39, 0.29) is 0 Å². The van der Waals surface area contributed by atoms with Crippen molar-refractivity contribution in [3.05, 3.63) is 47.5 Å². The van der Waals surface area contributed by atoms with Gasteiger partial charge in [0, 0.05) is 25.9 Å². The van der Waals surface area contributed by atoms with Gasteiger partial charge in [0.15, 0.2) is 0 Å². The molecule has 0 bridgehead atoms. The average Bonchev–Trinajstić information content (AvgIpc) is 2.59. The molecule has 130 valence electrons. The van der Waals surface area contributed by atoms with Gasteiger partial charge in [0.05, 0.1) is 19.8 Å². The molecule has 0 heterocycles. The van der Waals surface area contributed by atoms with Crippen LogP contribution in [0.25, 0.3) is 11.1 Å². The van der Waals surface area contributed by atoms with Crippen molar-refractivity contribution in [2.24, 2.45) is 0 Å². The molecule has 0 aliphatic rings. The average molecular weight is 329 g/mol. The van der Waals surface area contributed by atoms with Crippen LogP contribution in [0.15, 0.2) is 36.4 Å². The number of rotatable bonds is 9. The first-order chi connectivity index (χ1) is 11.6. The molecule has 2 aromatic carbocycles. The quantitative estimate of drug-likeness (QED) is 0.705. The maximum Gasteiger partial charge on any atom is 0.122 e. The van der Waals surface area contributed by atoms with Crippen LogP contribution < -0.4 is 10.1 Å². The Morgan fingerprint density at radius 2 is 1.71 bits per heavy atom. The highest BCUT2D eigenvalue weighted by Gasteiger charge is 2.07. The topological polar surface area (TPSA) is 39.7 Å². The number of anilines is 1. The molecule has 0 spiro atoms. The minimum Gasteiger partial charge on any atom is -0.491 e. The lowest BCUT2D eigenvalue weighted by Gasteiger charge is -2.13. The molecule has 1 N–H and O–H groups in total. The molecule has 0 saturated heterocycles. The summed E-state index contributed by atoms with van der Waals surface area (Å²) >= 11 is 0. The first kappa shape index (κ1) is 18.3. The third-order valence-electron chi connectivity index (χ3n) is 3.83. The summed E-state index contributed by atoms with van der Waals surface area (Å²) in [5.41, 5.74) is 5.91. The molecular formula is C20H27NO3. The van der Waals surface area contributed by atoms with E-state index in [0.29, 0.717) is 26.4 Å². The van der Waals surface area contributed by atoms with E-state index >= 15 is 0 Å². The third-order valence-corrected chi connectivity index (χ3v) is 3.83. The second-order valence-electron chi connectivity index (χ2n) is 5.77. The van der Waals surface area contributed by atoms with Crippen LogP contribution in [0.3, 0.4) is 0 Å². The number of benzene rings is 2. The van der Waals surface area contributed by atoms with Crippen LogP contribution in [0.4, 0.5) is 5.69 Å². The molecule has 2 aromatic rings. The summed E-state index contributed by atoms with van der Waals surface area (Å²) in [6, 6.07) is 12.7. The molecule has 0 unspecified atom stereocenters. The molecule has 0 amide bonds. The Labute approximate surface area is 144 Å². The summed E-state index contributed by atoms with van der Waals surface area (Å²) in [6.07, 6.45) is 0. The van der Waals surface area contributed by atoms with Crippen molar-refractivity contribution in [1.29, 1.82) is 0 Å². The fourth-order valence-corrected chi connectivity index (χ4v) is 2.49. The maximum atomic E-state index is 5.86. The summed E-state index contributed by atoms with van der Waals surface area (Å²) in [5, 5.41) is 3.20. The van der Waals surface area contributed by atoms with Gasteiger partial charge in [-0.05, 0) is 42.7 Å². The number of nitrogens with one attached hydrogen (secondary N) is 1. The Morgan fingerprint density at radius 1 is 0.917 bits per heavy atom. The smallest absolute Gasteiger partial charge is 0.122 e. The van der Waals surface area contributed by atoms with E-state index in [1.54, 1.807) is 7.11 Å². The van der Waals surface area contributed by atoms with Crippen LogP contribution in [-0.2, 0) is 9.47 Å². The van der Waals surface area contributed by atoms with Crippen LogP contribution >= 0.6 is 0 Å². The predicted molar refractivity (Wildman–Crippen MR) is 99.1 cm³/mol. The molecule has 0 aromatic heterocycles. The van der Waals surface area contributed by atoms with Crippen LogP contribution in [0.2, 0.25) is 0 Å². The summed E-state index contributed by atoms with van der Waals surface area (Å²) in [7, 11) is 3.58. The standard InChI is InChI=1S/C20H27NO3/c1-15-5-6-16(2)20(11-15)17-12-18(21-3)14-19(13-17)24-10-9-23-8-7-22-4/h5-6,11-14,21H,7-10H2,1-4H3. The molecule has 0 aliphatic carbocycles. The zero-order valence-corrected chi connectivity index (χ0v) is 15.0. The van der Waals surface area contributed by atoms with Crippen molar-refractivity contribution >= 4 is 5.69 Å². The minimum atomic E-state index is 0.517. The van der Waals surface area contributed by atoms with Crippen molar-refractivity contribution < 1.29 is 14.2 Å². The number of hydrogen-bond acceptors (Lipinski definition) is 4. The van der Waals surface area contributed by atoms with Gasteiger partial charge in [-0.2, -0.15) is 0 Å². The Balaban J connectivity index is 2.11. The van der Waals surface area contributed by atoms with E-state index in [0.717, 1.165) is 17.0 Å². The summed E-state index contributed by atoms with van der Waals surface area (Å²) < 4.78 is 16.2. The van der Waals surface area contributed by atoms with Crippen molar-refractivity contribution in [1.82, 2.24) is 0 Å². The SMILES string of the molecule is CNc1cc(OCCOCCOC)cc(-c2cc(C)ccc2C)c1. The Kier molecular flexibility index (Phi) is 7.09. The molecule has 24 heavy (non-hydrogen) atoms. The van der Waals surface area contributed by atoms with Crippen LogP contribution in [0.1, 0.15) is 11.1 Å². The van der Waals surface area contributed by atoms with Crippen molar-refractivity contribution in [3.63, 3.8) is 0 Å². The molecule has 0 atom stereocenters. The van der Waals surface area contributed by atoms with E-state index in [4.69, 9.17) is 14.2 Å². The first-order valence-electron chi connectivity index (χ1n) is 8.24. The van der Waals surface area contributed by atoms with Gasteiger partial charge in [-0.25, -0.2) is 0 Å². The van der Waals surface area contributed by atoms with Gasteiger partial charge in [0.2, 0.25) is 0 Å². The summed E-state index contributed by atoms with van der Waals surface area (Å²) in [5.74, 6) is 0.841. The minimum absolute atomic E-state index is 0.517. The Morgan fingerprint density at radius 3 is 2.46 bits per heavy atom. The van der Waals surface area contributed by atoms with E-state index in [1.165, 1.54) is 16.7 Å². The van der Waals surface area contributed by atoms with Crippen LogP contribution in [-0.4, -0.2) is 40.6 Å². The van der Waals surface area contributed by atoms with Gasteiger partial charge in [-0.1, -0.05) is 23.8 Å². The van der Waals surface area contributed by atoms with Gasteiger partial charge >= 0.3 is 0 Å². The molecular weight excluding hydrogens is 302 g/mol. The Hall–Kier alpha value is -2.04. The van der Waals surface area contributed by atoms with Crippen molar-refractivity contribution in [3.8, 4) is 16.9 Å². The second-order valence-corrected chi connectivity index (χ2v) is 5.77. The lowest BCUT2D eigenvalue weighted by atomic mass is 9.98. The molecule has 0 saturated carbocycles. The highest BCUT2D eigenvalue weighted by atomic mass is 16.5. The molecule has 4 heteroatoms. The number of ether oxygens (including phenoxy) is 3. The van der Waals surface area contributed by atoms with Crippen LogP contribution in [0.5, 0.6) is 5.75 Å². The van der Waals surface area contributed by atoms with Crippen molar-refractivity contribution in [2.45, 2.75) is 13.8 Å². The molecule has 0 radical (unpaired) electrons. The number of methoxy groups -OCH3 is 1. The Bertz CT molecular complexity index is 655. The largest absolute Gasteiger partial charge is 0.491 e. The predicted octanol–water partition coefficient (Wildman–Crippen LogP) is 4.05. The number of hydrogen-bond donors (Lipinski definition) is 1. The van der Waals surface area contributed by atoms with E-state index < -0.39 is 0 Å². The molecule has 0 fully saturated rings. The lowest BCUT2D eigenvalue weighted by Crippen LogP contribution is -2.10. The fraction of sp³-hybridized carbons (Fsp3) is 0.400. The fourth-order valence-electron chi connectivity index (χ4n) is 2.49. The summed E-state index contributed by atoms with van der Waals surface area (Å²) in [6.45, 7) is 6.50. The van der Waals surface area contributed by atoms with Gasteiger partial charge in [-0.15, -0.1) is 0 Å². The normalized spacial score (nSPS) is 10.7. The van der Waals surface area contributed by atoms with Gasteiger partial charge in [-0.3, -0.25) is 0 Å². The zero-order chi connectivity index (χ0) is 17.4. The second kappa shape index (κ2) is 9.30. The van der Waals surface area contributed by atoms with E-state index in [1.807, 2.05) is 13.1 Å². The van der Waals surface area contributed by atoms with Gasteiger partial charge in [0.25, 0.3) is 0 Å². The molecule has 2 rings (SSSR count). The summed E-state index contributed by atoms with van der Waals surface area (Å²) in [4.78, 5) is 0. The van der Waals surface area contributed by atoms with Crippen molar-refractivity contribution in [2.75, 3.05) is 45.9 Å². The maximum absolute atomic E-state index is 5.86. The molecule has 4 nitrogen and oxygen atoms in total. The van der Waals surface area contributed by atoms with E-state index in [2.05, 4.69) is 49.5 Å². The van der Waals surface area contributed by atoms with Crippen LogP contribution in [0, 0.1) is 13.8 Å².